The van der Waals surface area contributed by atoms with E-state index in [2.05, 4.69) is 21.5 Å². The van der Waals surface area contributed by atoms with Crippen molar-refractivity contribution in [3.8, 4) is 11.1 Å². The lowest BCUT2D eigenvalue weighted by Crippen LogP contribution is -1.95. The highest BCUT2D eigenvalue weighted by Gasteiger charge is 2.18. The molecular weight excluding hydrogens is 352 g/mol. The second-order valence-electron chi connectivity index (χ2n) is 6.27. The molecule has 0 spiro atoms. The number of nitrogens with zero attached hydrogens (tertiary/aromatic N) is 4. The highest BCUT2D eigenvalue weighted by molar-refractivity contribution is 6.06. The first kappa shape index (κ1) is 17.5. The van der Waals surface area contributed by atoms with E-state index in [0.29, 0.717) is 16.7 Å². The van der Waals surface area contributed by atoms with Gasteiger partial charge in [-0.3, -0.25) is 15.1 Å². The normalized spacial score (nSPS) is 11.3. The molecule has 0 aliphatic heterocycles. The lowest BCUT2D eigenvalue weighted by Gasteiger charge is -2.12. The van der Waals surface area contributed by atoms with Crippen LogP contribution in [0.4, 0.5) is 5.69 Å². The van der Waals surface area contributed by atoms with E-state index >= 15 is 0 Å². The smallest absolute Gasteiger partial charge is 0.264 e. The summed E-state index contributed by atoms with van der Waals surface area (Å²) in [6.45, 7) is 6.00. The number of allylic oxidation sites excluding steroid dienone is 3. The minimum atomic E-state index is -0.390. The van der Waals surface area contributed by atoms with Crippen molar-refractivity contribution in [3.63, 3.8) is 0 Å². The van der Waals surface area contributed by atoms with Gasteiger partial charge in [0, 0.05) is 30.0 Å². The summed E-state index contributed by atoms with van der Waals surface area (Å²) in [6, 6.07) is 10.8. The molecule has 136 valence electrons. The van der Waals surface area contributed by atoms with Crippen LogP contribution in [0.25, 0.3) is 38.5 Å². The maximum atomic E-state index is 11.4. The van der Waals surface area contributed by atoms with E-state index in [1.807, 2.05) is 37.3 Å². The minimum absolute atomic E-state index is 0.0295. The third-order valence-electron chi connectivity index (χ3n) is 4.56. The summed E-state index contributed by atoms with van der Waals surface area (Å²) in [5.74, 6) is 0. The van der Waals surface area contributed by atoms with Crippen molar-refractivity contribution >= 4 is 33.1 Å². The molecule has 0 bridgehead atoms. The first-order chi connectivity index (χ1) is 13.6. The summed E-state index contributed by atoms with van der Waals surface area (Å²) in [7, 11) is 0. The number of benzene rings is 1. The number of hydrogen-bond acceptors (Lipinski definition) is 5. The summed E-state index contributed by atoms with van der Waals surface area (Å²) in [4.78, 5) is 24.1. The van der Waals surface area contributed by atoms with Crippen LogP contribution in [0.15, 0.2) is 73.7 Å². The van der Waals surface area contributed by atoms with Gasteiger partial charge in [-0.25, -0.2) is 9.97 Å². The number of nitro groups is 1. The van der Waals surface area contributed by atoms with Gasteiger partial charge in [-0.05, 0) is 59.3 Å². The molecular formula is C22H16N4O2. The minimum Gasteiger partial charge on any atom is -0.264 e. The molecule has 28 heavy (non-hydrogen) atoms. The van der Waals surface area contributed by atoms with Crippen molar-refractivity contribution in [1.82, 2.24) is 15.0 Å². The Morgan fingerprint density at radius 1 is 1.11 bits per heavy atom. The monoisotopic (exact) mass is 368 g/mol. The average molecular weight is 368 g/mol. The molecule has 6 heteroatoms. The zero-order valence-corrected chi connectivity index (χ0v) is 15.2. The summed E-state index contributed by atoms with van der Waals surface area (Å²) in [6.07, 6.45) is 8.65. The van der Waals surface area contributed by atoms with Crippen LogP contribution in [-0.2, 0) is 0 Å². The Morgan fingerprint density at radius 3 is 2.75 bits per heavy atom. The van der Waals surface area contributed by atoms with E-state index in [-0.39, 0.29) is 10.6 Å². The Bertz CT molecular complexity index is 1280. The van der Waals surface area contributed by atoms with Crippen LogP contribution in [0, 0.1) is 10.1 Å². The van der Waals surface area contributed by atoms with E-state index in [9.17, 15) is 10.1 Å². The highest BCUT2D eigenvalue weighted by Crippen LogP contribution is 2.37. The molecule has 3 aromatic heterocycles. The number of hydrogen-bond donors (Lipinski definition) is 0. The van der Waals surface area contributed by atoms with Gasteiger partial charge in [0.2, 0.25) is 0 Å². The van der Waals surface area contributed by atoms with E-state index in [4.69, 9.17) is 0 Å². The Hall–Kier alpha value is -3.93. The second kappa shape index (κ2) is 7.00. The number of nitro benzene ring substituents is 1. The maximum Gasteiger partial charge on any atom is 0.278 e. The molecule has 0 atom stereocenters. The predicted octanol–water partition coefficient (Wildman–Crippen LogP) is 5.34. The number of rotatable bonds is 4. The molecule has 0 saturated heterocycles. The third-order valence-corrected chi connectivity index (χ3v) is 4.56. The van der Waals surface area contributed by atoms with Crippen LogP contribution in [-0.4, -0.2) is 19.9 Å². The SMILES string of the molecule is C=C(/C=C\C)c1cc(-c2ccc([N+](=O)[O-])c3cnccc23)c2cccnc2n1. The molecule has 6 nitrogen and oxygen atoms in total. The van der Waals surface area contributed by atoms with Gasteiger partial charge in [0.05, 0.1) is 16.0 Å². The molecule has 0 aliphatic rings. The van der Waals surface area contributed by atoms with Gasteiger partial charge in [-0.15, -0.1) is 0 Å². The van der Waals surface area contributed by atoms with Gasteiger partial charge in [-0.2, -0.15) is 0 Å². The maximum absolute atomic E-state index is 11.4. The number of fused-ring (bicyclic) bond motifs is 2. The highest BCUT2D eigenvalue weighted by atomic mass is 16.6. The Labute approximate surface area is 161 Å². The van der Waals surface area contributed by atoms with Gasteiger partial charge in [0.15, 0.2) is 5.65 Å². The molecule has 3 heterocycles. The Balaban J connectivity index is 2.08. The van der Waals surface area contributed by atoms with Crippen LogP contribution in [0.5, 0.6) is 0 Å². The Kier molecular flexibility index (Phi) is 4.37. The average Bonchev–Trinajstić information content (AvgIpc) is 2.72. The lowest BCUT2D eigenvalue weighted by atomic mass is 9.95. The van der Waals surface area contributed by atoms with Gasteiger partial charge in [0.1, 0.15) is 0 Å². The Morgan fingerprint density at radius 2 is 1.96 bits per heavy atom. The molecule has 0 unspecified atom stereocenters. The van der Waals surface area contributed by atoms with Crippen molar-refractivity contribution < 1.29 is 4.92 Å². The molecule has 0 radical (unpaired) electrons. The molecule has 0 amide bonds. The van der Waals surface area contributed by atoms with Gasteiger partial charge < -0.3 is 0 Å². The summed E-state index contributed by atoms with van der Waals surface area (Å²) < 4.78 is 0. The van der Waals surface area contributed by atoms with Crippen LogP contribution >= 0.6 is 0 Å². The molecule has 0 fully saturated rings. The van der Waals surface area contributed by atoms with E-state index in [1.54, 1.807) is 24.5 Å². The zero-order valence-electron chi connectivity index (χ0n) is 15.2. The van der Waals surface area contributed by atoms with Crippen LogP contribution in [0.1, 0.15) is 12.6 Å². The number of pyridine rings is 3. The predicted molar refractivity (Wildman–Crippen MR) is 111 cm³/mol. The first-order valence-electron chi connectivity index (χ1n) is 8.69. The van der Waals surface area contributed by atoms with Crippen molar-refractivity contribution in [2.75, 3.05) is 0 Å². The summed E-state index contributed by atoms with van der Waals surface area (Å²) in [5, 5.41) is 13.5. The molecule has 4 aromatic rings. The first-order valence-corrected chi connectivity index (χ1v) is 8.69. The van der Waals surface area contributed by atoms with Crippen molar-refractivity contribution in [1.29, 1.82) is 0 Å². The van der Waals surface area contributed by atoms with Crippen LogP contribution < -0.4 is 0 Å². The number of aromatic nitrogens is 3. The van der Waals surface area contributed by atoms with Crippen molar-refractivity contribution in [2.45, 2.75) is 6.92 Å². The summed E-state index contributed by atoms with van der Waals surface area (Å²) >= 11 is 0. The van der Waals surface area contributed by atoms with Gasteiger partial charge in [0.25, 0.3) is 5.69 Å². The van der Waals surface area contributed by atoms with E-state index in [1.165, 1.54) is 12.3 Å². The van der Waals surface area contributed by atoms with Crippen molar-refractivity contribution in [3.05, 3.63) is 89.5 Å². The largest absolute Gasteiger partial charge is 0.278 e. The lowest BCUT2D eigenvalue weighted by molar-refractivity contribution is -0.383. The second-order valence-corrected chi connectivity index (χ2v) is 6.27. The van der Waals surface area contributed by atoms with Crippen LogP contribution in [0.3, 0.4) is 0 Å². The summed E-state index contributed by atoms with van der Waals surface area (Å²) in [5.41, 5.74) is 3.86. The quantitative estimate of drug-likeness (QED) is 0.276. The van der Waals surface area contributed by atoms with E-state index in [0.717, 1.165) is 27.5 Å². The molecule has 0 saturated carbocycles. The van der Waals surface area contributed by atoms with Crippen LogP contribution in [0.2, 0.25) is 0 Å². The standard InChI is InChI=1S/C22H16N4O2/c1-3-5-14(2)20-12-18(17-6-4-10-24-22(17)25-20)15-7-8-21(26(27)28)19-13-23-11-9-16(15)19/h3-13H,2H2,1H3/b5-3-. The molecule has 0 N–H and O–H groups in total. The van der Waals surface area contributed by atoms with Gasteiger partial charge >= 0.3 is 0 Å². The van der Waals surface area contributed by atoms with Gasteiger partial charge in [-0.1, -0.05) is 18.7 Å². The zero-order chi connectivity index (χ0) is 19.7. The fourth-order valence-electron chi connectivity index (χ4n) is 3.30. The molecule has 1 aromatic carbocycles. The fraction of sp³-hybridized carbons (Fsp3) is 0.0455. The van der Waals surface area contributed by atoms with E-state index < -0.39 is 0 Å². The number of non-ortho nitro benzene ring substituents is 1. The fourth-order valence-corrected chi connectivity index (χ4v) is 3.30. The third kappa shape index (κ3) is 2.91. The molecule has 4 rings (SSSR count). The topological polar surface area (TPSA) is 81.8 Å². The van der Waals surface area contributed by atoms with Crippen molar-refractivity contribution in [2.24, 2.45) is 0 Å². The molecule has 0 aliphatic carbocycles.